The quantitative estimate of drug-likeness (QED) is 0.691. The van der Waals surface area contributed by atoms with Crippen molar-refractivity contribution < 1.29 is 24.2 Å². The van der Waals surface area contributed by atoms with Gasteiger partial charge in [0.05, 0.1) is 11.1 Å². The molecule has 3 heterocycles. The Morgan fingerprint density at radius 1 is 1.35 bits per heavy atom. The number of carbonyl (C=O) groups excluding carboxylic acids is 2. The van der Waals surface area contributed by atoms with Crippen LogP contribution in [-0.2, 0) is 14.9 Å². The van der Waals surface area contributed by atoms with Crippen molar-refractivity contribution in [1.82, 2.24) is 4.90 Å². The molecule has 1 atom stereocenters. The van der Waals surface area contributed by atoms with Crippen molar-refractivity contribution >= 4 is 17.7 Å². The number of likely N-dealkylation sites (tertiary alicyclic amines) is 1. The molecule has 1 aromatic rings. The van der Waals surface area contributed by atoms with Crippen molar-refractivity contribution in [3.05, 3.63) is 28.8 Å². The molecular formula is C19H24N2O5. The van der Waals surface area contributed by atoms with Gasteiger partial charge in [0, 0.05) is 30.7 Å². The Hall–Kier alpha value is -2.28. The number of ether oxygens (including phenoxy) is 2. The molecule has 0 aliphatic carbocycles. The van der Waals surface area contributed by atoms with E-state index in [1.165, 1.54) is 0 Å². The number of anilines is 1. The van der Waals surface area contributed by atoms with E-state index in [9.17, 15) is 14.7 Å². The van der Waals surface area contributed by atoms with Gasteiger partial charge in [0.1, 0.15) is 5.60 Å². The maximum absolute atomic E-state index is 12.3. The molecule has 1 aromatic carbocycles. The molecule has 26 heavy (non-hydrogen) atoms. The summed E-state index contributed by atoms with van der Waals surface area (Å²) in [5.41, 5.74) is 2.26. The van der Waals surface area contributed by atoms with Crippen molar-refractivity contribution in [2.75, 3.05) is 25.0 Å². The molecule has 0 aromatic heterocycles. The first kappa shape index (κ1) is 17.1. The zero-order valence-electron chi connectivity index (χ0n) is 15.3. The topological polar surface area (TPSA) is 88.1 Å². The minimum absolute atomic E-state index is 0.103. The van der Waals surface area contributed by atoms with Crippen LogP contribution in [0.15, 0.2) is 12.1 Å². The molecule has 140 valence electrons. The first-order chi connectivity index (χ1) is 12.2. The summed E-state index contributed by atoms with van der Waals surface area (Å²) in [7, 11) is 0. The molecule has 7 heteroatoms. The van der Waals surface area contributed by atoms with Gasteiger partial charge >= 0.3 is 12.1 Å². The Kier molecular flexibility index (Phi) is 3.70. The van der Waals surface area contributed by atoms with Crippen molar-refractivity contribution in [3.63, 3.8) is 0 Å². The molecule has 0 bridgehead atoms. The molecule has 0 radical (unpaired) electrons. The van der Waals surface area contributed by atoms with Crippen molar-refractivity contribution in [3.8, 4) is 0 Å². The van der Waals surface area contributed by atoms with Gasteiger partial charge in [-0.15, -0.1) is 0 Å². The number of aliphatic hydroxyl groups is 1. The largest absolute Gasteiger partial charge is 0.444 e. The second kappa shape index (κ2) is 5.61. The number of benzene rings is 1. The van der Waals surface area contributed by atoms with Crippen LogP contribution in [0, 0.1) is 0 Å². The number of hydrogen-bond acceptors (Lipinski definition) is 6. The summed E-state index contributed by atoms with van der Waals surface area (Å²) in [4.78, 5) is 25.9. The molecular weight excluding hydrogens is 336 g/mol. The van der Waals surface area contributed by atoms with E-state index in [2.05, 4.69) is 5.32 Å². The highest BCUT2D eigenvalue weighted by Gasteiger charge is 2.46. The van der Waals surface area contributed by atoms with Crippen LogP contribution in [0.1, 0.15) is 61.4 Å². The van der Waals surface area contributed by atoms with Crippen molar-refractivity contribution in [1.29, 1.82) is 0 Å². The summed E-state index contributed by atoms with van der Waals surface area (Å²) >= 11 is 0. The third-order valence-corrected chi connectivity index (χ3v) is 5.48. The number of carbonyl (C=O) groups is 2. The minimum Gasteiger partial charge on any atom is -0.444 e. The summed E-state index contributed by atoms with van der Waals surface area (Å²) in [5, 5.41) is 13.4. The number of esters is 1. The van der Waals surface area contributed by atoms with Gasteiger partial charge in [-0.3, -0.25) is 0 Å². The van der Waals surface area contributed by atoms with Gasteiger partial charge in [0.25, 0.3) is 0 Å². The second-order valence-electron chi connectivity index (χ2n) is 8.31. The molecule has 1 amide bonds. The molecule has 1 spiro atoms. The van der Waals surface area contributed by atoms with Gasteiger partial charge in [0.2, 0.25) is 6.29 Å². The van der Waals surface area contributed by atoms with Crippen LogP contribution in [0.5, 0.6) is 0 Å². The molecule has 1 saturated heterocycles. The Morgan fingerprint density at radius 2 is 2.04 bits per heavy atom. The van der Waals surface area contributed by atoms with Gasteiger partial charge in [-0.2, -0.15) is 0 Å². The number of piperidine rings is 1. The fraction of sp³-hybridized carbons (Fsp3) is 0.579. The lowest BCUT2D eigenvalue weighted by Crippen LogP contribution is -2.47. The van der Waals surface area contributed by atoms with Gasteiger partial charge in [-0.05, 0) is 45.2 Å². The summed E-state index contributed by atoms with van der Waals surface area (Å²) in [5.74, 6) is -0.488. The monoisotopic (exact) mass is 360 g/mol. The van der Waals surface area contributed by atoms with Gasteiger partial charge in [-0.25, -0.2) is 9.59 Å². The lowest BCUT2D eigenvalue weighted by Gasteiger charge is -2.39. The Morgan fingerprint density at radius 3 is 2.69 bits per heavy atom. The molecule has 4 rings (SSSR count). The fourth-order valence-electron chi connectivity index (χ4n) is 4.15. The molecule has 3 aliphatic heterocycles. The number of nitrogens with one attached hydrogen (secondary N) is 1. The van der Waals surface area contributed by atoms with E-state index in [1.807, 2.05) is 26.8 Å². The second-order valence-corrected chi connectivity index (χ2v) is 8.31. The summed E-state index contributed by atoms with van der Waals surface area (Å²) < 4.78 is 10.4. The molecule has 2 N–H and O–H groups in total. The van der Waals surface area contributed by atoms with Crippen LogP contribution in [0.3, 0.4) is 0 Å². The lowest BCUT2D eigenvalue weighted by atomic mass is 9.74. The zero-order valence-corrected chi connectivity index (χ0v) is 15.3. The lowest BCUT2D eigenvalue weighted by molar-refractivity contribution is -0.0544. The Bertz CT molecular complexity index is 775. The van der Waals surface area contributed by atoms with Crippen LogP contribution in [0.25, 0.3) is 0 Å². The third-order valence-electron chi connectivity index (χ3n) is 5.48. The third kappa shape index (κ3) is 2.61. The van der Waals surface area contributed by atoms with Crippen LogP contribution >= 0.6 is 0 Å². The number of aliphatic hydroxyl groups excluding tert-OH is 1. The van der Waals surface area contributed by atoms with E-state index in [4.69, 9.17) is 9.47 Å². The average molecular weight is 360 g/mol. The highest BCUT2D eigenvalue weighted by Crippen LogP contribution is 2.49. The highest BCUT2D eigenvalue weighted by atomic mass is 16.6. The smallest absolute Gasteiger partial charge is 0.410 e. The van der Waals surface area contributed by atoms with E-state index in [0.29, 0.717) is 24.2 Å². The first-order valence-corrected chi connectivity index (χ1v) is 8.98. The summed E-state index contributed by atoms with van der Waals surface area (Å²) in [6, 6.07) is 3.69. The van der Waals surface area contributed by atoms with Crippen molar-refractivity contribution in [2.24, 2.45) is 0 Å². The molecule has 0 saturated carbocycles. The number of nitrogens with zero attached hydrogens (tertiary/aromatic N) is 1. The molecule has 3 aliphatic rings. The number of rotatable bonds is 0. The van der Waals surface area contributed by atoms with Crippen LogP contribution in [-0.4, -0.2) is 47.3 Å². The Labute approximate surface area is 152 Å². The minimum atomic E-state index is -1.21. The van der Waals surface area contributed by atoms with E-state index in [-0.39, 0.29) is 11.5 Å². The Balaban J connectivity index is 1.55. The normalized spacial score (nSPS) is 23.3. The summed E-state index contributed by atoms with van der Waals surface area (Å²) in [6.07, 6.45) is 0.116. The van der Waals surface area contributed by atoms with Crippen molar-refractivity contribution in [2.45, 2.75) is 50.9 Å². The molecule has 7 nitrogen and oxygen atoms in total. The SMILES string of the molecule is CC(C)(C)OC(=O)N1CCC2(CC1)CNc1c2ccc2c1C(O)OC2=O. The number of fused-ring (bicyclic) bond motifs is 4. The number of cyclic esters (lactones) is 1. The standard InChI is InChI=1S/C19H24N2O5/c1-18(2,3)26-17(24)21-8-6-19(7-9-21)10-20-14-12(19)5-4-11-13(14)16(23)25-15(11)22/h4-5,16,20,23H,6-10H2,1-3H3. The maximum atomic E-state index is 12.3. The van der Waals surface area contributed by atoms with E-state index >= 15 is 0 Å². The van der Waals surface area contributed by atoms with Crippen LogP contribution in [0.4, 0.5) is 10.5 Å². The van der Waals surface area contributed by atoms with E-state index in [1.54, 1.807) is 11.0 Å². The number of amides is 1. The van der Waals surface area contributed by atoms with E-state index < -0.39 is 17.9 Å². The van der Waals surface area contributed by atoms with Crippen LogP contribution < -0.4 is 5.32 Å². The van der Waals surface area contributed by atoms with Gasteiger partial charge < -0.3 is 24.8 Å². The molecule has 1 unspecified atom stereocenters. The van der Waals surface area contributed by atoms with Crippen LogP contribution in [0.2, 0.25) is 0 Å². The predicted molar refractivity (Wildman–Crippen MR) is 94.0 cm³/mol. The van der Waals surface area contributed by atoms with Gasteiger partial charge in [-0.1, -0.05) is 6.07 Å². The van der Waals surface area contributed by atoms with E-state index in [0.717, 1.165) is 30.6 Å². The average Bonchev–Trinajstić information content (AvgIpc) is 3.05. The predicted octanol–water partition coefficient (Wildman–Crippen LogP) is 2.54. The first-order valence-electron chi connectivity index (χ1n) is 8.98. The summed E-state index contributed by atoms with van der Waals surface area (Å²) in [6.45, 7) is 7.55. The highest BCUT2D eigenvalue weighted by molar-refractivity contribution is 5.97. The number of hydrogen-bond donors (Lipinski definition) is 2. The fourth-order valence-corrected chi connectivity index (χ4v) is 4.15. The molecule has 1 fully saturated rings. The zero-order chi connectivity index (χ0) is 18.7. The van der Waals surface area contributed by atoms with Gasteiger partial charge in [0.15, 0.2) is 0 Å². The maximum Gasteiger partial charge on any atom is 0.410 e.